The first-order valence-electron chi connectivity index (χ1n) is 6.05. The first-order chi connectivity index (χ1) is 8.52. The molecule has 2 N–H and O–H groups in total. The summed E-state index contributed by atoms with van der Waals surface area (Å²) < 4.78 is 0. The zero-order chi connectivity index (χ0) is 13.3. The van der Waals surface area contributed by atoms with Crippen LogP contribution >= 0.6 is 0 Å². The first-order valence-corrected chi connectivity index (χ1v) is 6.05. The Hall–Kier alpha value is -1.79. The Morgan fingerprint density at radius 1 is 0.833 bits per heavy atom. The van der Waals surface area contributed by atoms with Gasteiger partial charge >= 0.3 is 12.2 Å². The SMILES string of the molecule is O=C(C1CCCN1C(=O)O)C1CCCN1C(=O)O. The fourth-order valence-electron chi connectivity index (χ4n) is 2.80. The summed E-state index contributed by atoms with van der Waals surface area (Å²) in [7, 11) is 0. The highest BCUT2D eigenvalue weighted by atomic mass is 16.4. The molecule has 0 spiro atoms. The average molecular weight is 256 g/mol. The summed E-state index contributed by atoms with van der Waals surface area (Å²) in [6.45, 7) is 0.705. The Balaban J connectivity index is 2.11. The fourth-order valence-corrected chi connectivity index (χ4v) is 2.80. The second-order valence-electron chi connectivity index (χ2n) is 4.67. The smallest absolute Gasteiger partial charge is 0.407 e. The van der Waals surface area contributed by atoms with Crippen LogP contribution in [0.2, 0.25) is 0 Å². The average Bonchev–Trinajstić information content (AvgIpc) is 2.97. The first kappa shape index (κ1) is 12.7. The van der Waals surface area contributed by atoms with E-state index in [1.807, 2.05) is 0 Å². The number of likely N-dealkylation sites (tertiary alicyclic amines) is 2. The van der Waals surface area contributed by atoms with E-state index >= 15 is 0 Å². The Labute approximate surface area is 104 Å². The van der Waals surface area contributed by atoms with Crippen LogP contribution in [0.5, 0.6) is 0 Å². The molecule has 18 heavy (non-hydrogen) atoms. The van der Waals surface area contributed by atoms with E-state index in [1.165, 1.54) is 0 Å². The Kier molecular flexibility index (Phi) is 3.40. The number of rotatable bonds is 2. The summed E-state index contributed by atoms with van der Waals surface area (Å²) >= 11 is 0. The molecule has 2 unspecified atom stereocenters. The van der Waals surface area contributed by atoms with E-state index in [0.29, 0.717) is 38.8 Å². The van der Waals surface area contributed by atoms with Crippen LogP contribution in [-0.4, -0.2) is 63.2 Å². The monoisotopic (exact) mass is 256 g/mol. The van der Waals surface area contributed by atoms with Crippen molar-refractivity contribution in [1.29, 1.82) is 0 Å². The molecule has 2 aliphatic rings. The normalized spacial score (nSPS) is 27.6. The molecule has 0 aliphatic carbocycles. The van der Waals surface area contributed by atoms with Crippen molar-refractivity contribution < 1.29 is 24.6 Å². The summed E-state index contributed by atoms with van der Waals surface area (Å²) in [4.78, 5) is 36.5. The Bertz CT molecular complexity index is 350. The molecule has 0 bridgehead atoms. The Morgan fingerprint density at radius 2 is 1.22 bits per heavy atom. The number of amides is 2. The maximum absolute atomic E-state index is 12.3. The van der Waals surface area contributed by atoms with Crippen LogP contribution in [0.25, 0.3) is 0 Å². The molecule has 7 heteroatoms. The number of hydrogen-bond donors (Lipinski definition) is 2. The molecule has 0 aromatic heterocycles. The van der Waals surface area contributed by atoms with Crippen LogP contribution in [-0.2, 0) is 4.79 Å². The van der Waals surface area contributed by atoms with Gasteiger partial charge in [-0.2, -0.15) is 0 Å². The highest BCUT2D eigenvalue weighted by Gasteiger charge is 2.42. The molecule has 0 aromatic rings. The number of ketones is 1. The molecule has 7 nitrogen and oxygen atoms in total. The summed E-state index contributed by atoms with van der Waals surface area (Å²) in [5, 5.41) is 18.0. The molecule has 0 radical (unpaired) electrons. The van der Waals surface area contributed by atoms with Crippen molar-refractivity contribution in [3.05, 3.63) is 0 Å². The molecular weight excluding hydrogens is 240 g/mol. The fraction of sp³-hybridized carbons (Fsp3) is 0.727. The molecule has 2 fully saturated rings. The molecular formula is C11H16N2O5. The summed E-state index contributed by atoms with van der Waals surface area (Å²) in [6, 6.07) is -1.35. The minimum atomic E-state index is -1.11. The largest absolute Gasteiger partial charge is 0.465 e. The van der Waals surface area contributed by atoms with Crippen LogP contribution in [0, 0.1) is 0 Å². The van der Waals surface area contributed by atoms with Crippen molar-refractivity contribution in [3.63, 3.8) is 0 Å². The number of nitrogens with zero attached hydrogens (tertiary/aromatic N) is 2. The maximum atomic E-state index is 12.3. The van der Waals surface area contributed by atoms with Gasteiger partial charge in [0, 0.05) is 13.1 Å². The summed E-state index contributed by atoms with van der Waals surface area (Å²) in [5.74, 6) is -0.269. The quantitative estimate of drug-likeness (QED) is 0.762. The highest BCUT2D eigenvalue weighted by Crippen LogP contribution is 2.25. The molecule has 2 atom stereocenters. The number of carboxylic acid groups (broad SMARTS) is 2. The van der Waals surface area contributed by atoms with E-state index in [1.54, 1.807) is 0 Å². The van der Waals surface area contributed by atoms with Gasteiger partial charge in [-0.1, -0.05) is 0 Å². The van der Waals surface area contributed by atoms with Crippen LogP contribution in [0.1, 0.15) is 25.7 Å². The van der Waals surface area contributed by atoms with Gasteiger partial charge in [-0.3, -0.25) is 14.6 Å². The van der Waals surface area contributed by atoms with E-state index in [0.717, 1.165) is 9.80 Å². The summed E-state index contributed by atoms with van der Waals surface area (Å²) in [6.07, 6.45) is 0.0891. The molecule has 2 amide bonds. The number of hydrogen-bond acceptors (Lipinski definition) is 3. The lowest BCUT2D eigenvalue weighted by molar-refractivity contribution is -0.126. The van der Waals surface area contributed by atoms with Gasteiger partial charge in [0.05, 0.1) is 12.1 Å². The van der Waals surface area contributed by atoms with Crippen molar-refractivity contribution >= 4 is 18.0 Å². The highest BCUT2D eigenvalue weighted by molar-refractivity contribution is 5.94. The topological polar surface area (TPSA) is 98.2 Å². The lowest BCUT2D eigenvalue weighted by Gasteiger charge is -2.26. The van der Waals surface area contributed by atoms with Gasteiger partial charge in [-0.05, 0) is 25.7 Å². The van der Waals surface area contributed by atoms with E-state index in [9.17, 15) is 14.4 Å². The van der Waals surface area contributed by atoms with Crippen molar-refractivity contribution in [1.82, 2.24) is 9.80 Å². The van der Waals surface area contributed by atoms with E-state index in [2.05, 4.69) is 0 Å². The van der Waals surface area contributed by atoms with Gasteiger partial charge in [-0.25, -0.2) is 9.59 Å². The number of Topliss-reactive ketones (excluding diaryl/α,β-unsaturated/α-hetero) is 1. The van der Waals surface area contributed by atoms with Gasteiger partial charge in [0.2, 0.25) is 0 Å². The van der Waals surface area contributed by atoms with Gasteiger partial charge in [-0.15, -0.1) is 0 Å². The van der Waals surface area contributed by atoms with Crippen LogP contribution in [0.15, 0.2) is 0 Å². The predicted octanol–water partition coefficient (Wildman–Crippen LogP) is 0.840. The van der Waals surface area contributed by atoms with E-state index in [-0.39, 0.29) is 5.78 Å². The van der Waals surface area contributed by atoms with Gasteiger partial charge < -0.3 is 10.2 Å². The molecule has 2 saturated heterocycles. The van der Waals surface area contributed by atoms with Gasteiger partial charge in [0.15, 0.2) is 5.78 Å². The molecule has 2 heterocycles. The number of carbonyl (C=O) groups is 3. The van der Waals surface area contributed by atoms with Crippen molar-refractivity contribution in [2.24, 2.45) is 0 Å². The van der Waals surface area contributed by atoms with E-state index in [4.69, 9.17) is 10.2 Å². The maximum Gasteiger partial charge on any atom is 0.407 e. The zero-order valence-electron chi connectivity index (χ0n) is 9.91. The van der Waals surface area contributed by atoms with Crippen molar-refractivity contribution in [2.75, 3.05) is 13.1 Å². The lowest BCUT2D eigenvalue weighted by atomic mass is 10.0. The molecule has 2 rings (SSSR count). The Morgan fingerprint density at radius 3 is 1.56 bits per heavy atom. The third kappa shape index (κ3) is 2.12. The van der Waals surface area contributed by atoms with Crippen LogP contribution in [0.4, 0.5) is 9.59 Å². The third-order valence-corrected chi connectivity index (χ3v) is 3.65. The van der Waals surface area contributed by atoms with Crippen LogP contribution in [0.3, 0.4) is 0 Å². The molecule has 2 aliphatic heterocycles. The van der Waals surface area contributed by atoms with Crippen LogP contribution < -0.4 is 0 Å². The van der Waals surface area contributed by atoms with Gasteiger partial charge in [0.1, 0.15) is 0 Å². The standard InChI is InChI=1S/C11H16N2O5/c14-9(7-3-1-5-12(7)10(15)16)8-4-2-6-13(8)11(17)18/h7-8H,1-6H2,(H,15,16)(H,17,18). The zero-order valence-corrected chi connectivity index (χ0v) is 9.91. The second-order valence-corrected chi connectivity index (χ2v) is 4.67. The molecule has 0 saturated carbocycles. The van der Waals surface area contributed by atoms with Crippen molar-refractivity contribution in [3.8, 4) is 0 Å². The minimum Gasteiger partial charge on any atom is -0.465 e. The molecule has 0 aromatic carbocycles. The number of carbonyl (C=O) groups excluding carboxylic acids is 1. The minimum absolute atomic E-state index is 0.269. The predicted molar refractivity (Wildman–Crippen MR) is 60.5 cm³/mol. The second kappa shape index (κ2) is 4.83. The lowest BCUT2D eigenvalue weighted by Crippen LogP contribution is -2.49. The molecule has 100 valence electrons. The van der Waals surface area contributed by atoms with Crippen molar-refractivity contribution in [2.45, 2.75) is 37.8 Å². The third-order valence-electron chi connectivity index (χ3n) is 3.65. The van der Waals surface area contributed by atoms with Gasteiger partial charge in [0.25, 0.3) is 0 Å². The summed E-state index contributed by atoms with van der Waals surface area (Å²) in [5.41, 5.74) is 0. The van der Waals surface area contributed by atoms with E-state index < -0.39 is 24.3 Å².